The van der Waals surface area contributed by atoms with Gasteiger partial charge in [0.2, 0.25) is 10.0 Å². The van der Waals surface area contributed by atoms with Gasteiger partial charge in [-0.1, -0.05) is 23.7 Å². The number of nitrogens with two attached hydrogens (primary N) is 1. The third-order valence-electron chi connectivity index (χ3n) is 4.03. The second-order valence-corrected chi connectivity index (χ2v) is 7.78. The van der Waals surface area contributed by atoms with E-state index in [4.69, 9.17) is 16.7 Å². The van der Waals surface area contributed by atoms with E-state index in [0.29, 0.717) is 5.69 Å². The van der Waals surface area contributed by atoms with Crippen LogP contribution in [0.25, 0.3) is 0 Å². The van der Waals surface area contributed by atoms with Crippen molar-refractivity contribution in [2.75, 3.05) is 17.3 Å². The third kappa shape index (κ3) is 3.86. The molecule has 3 N–H and O–H groups in total. The Labute approximate surface area is 170 Å². The largest absolute Gasteiger partial charge is 0.465 e. The van der Waals surface area contributed by atoms with Crippen LogP contribution in [-0.2, 0) is 24.3 Å². The first kappa shape index (κ1) is 20.5. The van der Waals surface area contributed by atoms with Crippen molar-refractivity contribution >= 4 is 50.8 Å². The first-order valence-electron chi connectivity index (χ1n) is 8.01. The maximum Gasteiger partial charge on any atom is 0.339 e. The van der Waals surface area contributed by atoms with Gasteiger partial charge in [0, 0.05) is 5.69 Å². The number of anilines is 2. The molecule has 11 heteroatoms. The van der Waals surface area contributed by atoms with Gasteiger partial charge in [0.1, 0.15) is 10.7 Å². The number of amides is 2. The standard InChI is InChI=1S/C18H14ClN3O6S/c1-28-18(25)12-4-2-3-5-13(12)22-16(23)14(19)15(17(22)24)21-10-6-8-11(9-7-10)29(20,26)27/h2-9,21H,1H3,(H2,20,26,27). The second-order valence-electron chi connectivity index (χ2n) is 5.84. The summed E-state index contributed by atoms with van der Waals surface area (Å²) in [6.45, 7) is 0. The van der Waals surface area contributed by atoms with Crippen molar-refractivity contribution in [3.63, 3.8) is 0 Å². The first-order valence-corrected chi connectivity index (χ1v) is 9.93. The summed E-state index contributed by atoms with van der Waals surface area (Å²) >= 11 is 6.06. The lowest BCUT2D eigenvalue weighted by Crippen LogP contribution is -2.33. The van der Waals surface area contributed by atoms with Crippen LogP contribution in [0.4, 0.5) is 11.4 Å². The molecule has 1 aliphatic rings. The summed E-state index contributed by atoms with van der Waals surface area (Å²) in [5.41, 5.74) is 0.114. The minimum absolute atomic E-state index is 0.0138. The number of rotatable bonds is 5. The summed E-state index contributed by atoms with van der Waals surface area (Å²) in [4.78, 5) is 38.1. The van der Waals surface area contributed by atoms with Crippen molar-refractivity contribution in [2.24, 2.45) is 5.14 Å². The molecule has 29 heavy (non-hydrogen) atoms. The second kappa shape index (κ2) is 7.66. The molecule has 0 spiro atoms. The van der Waals surface area contributed by atoms with Crippen molar-refractivity contribution < 1.29 is 27.5 Å². The molecule has 0 aliphatic carbocycles. The summed E-state index contributed by atoms with van der Waals surface area (Å²) in [6, 6.07) is 11.1. The molecule has 0 unspecified atom stereocenters. The van der Waals surface area contributed by atoms with E-state index < -0.39 is 27.8 Å². The molecular formula is C18H14ClN3O6S. The molecule has 0 aromatic heterocycles. The number of nitrogens with one attached hydrogen (secondary N) is 1. The number of ether oxygens (including phenoxy) is 1. The number of para-hydroxylation sites is 1. The zero-order valence-corrected chi connectivity index (χ0v) is 16.5. The van der Waals surface area contributed by atoms with Crippen molar-refractivity contribution in [1.82, 2.24) is 0 Å². The van der Waals surface area contributed by atoms with Gasteiger partial charge >= 0.3 is 5.97 Å². The van der Waals surface area contributed by atoms with Crippen molar-refractivity contribution in [3.8, 4) is 0 Å². The van der Waals surface area contributed by atoms with E-state index in [1.807, 2.05) is 0 Å². The maximum atomic E-state index is 12.9. The van der Waals surface area contributed by atoms with Gasteiger partial charge in [-0.15, -0.1) is 0 Å². The number of imide groups is 1. The Kier molecular flexibility index (Phi) is 5.42. The molecule has 0 fully saturated rings. The third-order valence-corrected chi connectivity index (χ3v) is 5.31. The summed E-state index contributed by atoms with van der Waals surface area (Å²) in [5.74, 6) is -2.33. The lowest BCUT2D eigenvalue weighted by atomic mass is 10.1. The average molecular weight is 436 g/mol. The first-order chi connectivity index (χ1) is 13.6. The van der Waals surface area contributed by atoms with Gasteiger partial charge in [0.25, 0.3) is 11.8 Å². The van der Waals surface area contributed by atoms with Crippen LogP contribution < -0.4 is 15.4 Å². The average Bonchev–Trinajstić information content (AvgIpc) is 2.90. The number of carbonyl (C=O) groups is 3. The molecule has 1 aliphatic heterocycles. The van der Waals surface area contributed by atoms with Gasteiger partial charge in [0.05, 0.1) is 23.3 Å². The highest BCUT2D eigenvalue weighted by molar-refractivity contribution is 7.89. The van der Waals surface area contributed by atoms with Crippen LogP contribution in [0.1, 0.15) is 10.4 Å². The normalized spacial score (nSPS) is 14.4. The number of methoxy groups -OCH3 is 1. The Hall–Kier alpha value is -3.21. The molecule has 0 atom stereocenters. The zero-order chi connectivity index (χ0) is 21.3. The SMILES string of the molecule is COC(=O)c1ccccc1N1C(=O)C(Cl)=C(Nc2ccc(S(N)(=O)=O)cc2)C1=O. The highest BCUT2D eigenvalue weighted by Gasteiger charge is 2.40. The van der Waals surface area contributed by atoms with E-state index in [2.05, 4.69) is 10.1 Å². The number of halogens is 1. The van der Waals surface area contributed by atoms with E-state index in [-0.39, 0.29) is 26.9 Å². The van der Waals surface area contributed by atoms with Crippen LogP contribution in [-0.4, -0.2) is 33.3 Å². The maximum absolute atomic E-state index is 12.9. The molecule has 2 aromatic rings. The fourth-order valence-corrected chi connectivity index (χ4v) is 3.38. The molecule has 0 bridgehead atoms. The van der Waals surface area contributed by atoms with Crippen LogP contribution in [0.15, 0.2) is 64.2 Å². The summed E-state index contributed by atoms with van der Waals surface area (Å²) in [5, 5.41) is 7.36. The molecule has 2 aromatic carbocycles. The Morgan fingerprint density at radius 2 is 1.69 bits per heavy atom. The molecule has 0 saturated heterocycles. The number of sulfonamides is 1. The fraction of sp³-hybridized carbons (Fsp3) is 0.0556. The van der Waals surface area contributed by atoms with Crippen molar-refractivity contribution in [3.05, 3.63) is 64.8 Å². The highest BCUT2D eigenvalue weighted by Crippen LogP contribution is 2.32. The smallest absolute Gasteiger partial charge is 0.339 e. The molecular weight excluding hydrogens is 422 g/mol. The van der Waals surface area contributed by atoms with Crippen molar-refractivity contribution in [2.45, 2.75) is 4.90 Å². The van der Waals surface area contributed by atoms with Crippen LogP contribution >= 0.6 is 11.6 Å². The predicted octanol–water partition coefficient (Wildman–Crippen LogP) is 1.56. The minimum Gasteiger partial charge on any atom is -0.465 e. The number of primary sulfonamides is 1. The minimum atomic E-state index is -3.88. The Morgan fingerprint density at radius 1 is 1.07 bits per heavy atom. The van der Waals surface area contributed by atoms with Crippen LogP contribution in [0, 0.1) is 0 Å². The van der Waals surface area contributed by atoms with E-state index in [9.17, 15) is 22.8 Å². The van der Waals surface area contributed by atoms with Gasteiger partial charge in [-0.25, -0.2) is 23.3 Å². The molecule has 1 heterocycles. The molecule has 150 valence electrons. The Morgan fingerprint density at radius 3 is 2.28 bits per heavy atom. The van der Waals surface area contributed by atoms with Gasteiger partial charge in [-0.2, -0.15) is 0 Å². The van der Waals surface area contributed by atoms with Crippen molar-refractivity contribution in [1.29, 1.82) is 0 Å². The molecule has 2 amide bonds. The topological polar surface area (TPSA) is 136 Å². The Bertz CT molecular complexity index is 1160. The van der Waals surface area contributed by atoms with Gasteiger partial charge in [0.15, 0.2) is 0 Å². The van der Waals surface area contributed by atoms with E-state index in [1.54, 1.807) is 12.1 Å². The van der Waals surface area contributed by atoms with Crippen LogP contribution in [0.3, 0.4) is 0 Å². The molecule has 0 saturated carbocycles. The van der Waals surface area contributed by atoms with Gasteiger partial charge < -0.3 is 10.1 Å². The Balaban J connectivity index is 1.93. The fourth-order valence-electron chi connectivity index (χ4n) is 2.65. The monoisotopic (exact) mass is 435 g/mol. The van der Waals surface area contributed by atoms with Gasteiger partial charge in [-0.05, 0) is 36.4 Å². The quantitative estimate of drug-likeness (QED) is 0.537. The summed E-state index contributed by atoms with van der Waals surface area (Å²) in [6.07, 6.45) is 0. The highest BCUT2D eigenvalue weighted by atomic mass is 35.5. The summed E-state index contributed by atoms with van der Waals surface area (Å²) < 4.78 is 27.3. The van der Waals surface area contributed by atoms with E-state index in [1.165, 1.54) is 43.5 Å². The van der Waals surface area contributed by atoms with Crippen LogP contribution in [0.2, 0.25) is 0 Å². The van der Waals surface area contributed by atoms with Gasteiger partial charge in [-0.3, -0.25) is 9.59 Å². The molecule has 3 rings (SSSR count). The lowest BCUT2D eigenvalue weighted by Gasteiger charge is -2.17. The molecule has 9 nitrogen and oxygen atoms in total. The summed E-state index contributed by atoms with van der Waals surface area (Å²) in [7, 11) is -2.70. The number of benzene rings is 2. The number of hydrogen-bond donors (Lipinski definition) is 2. The predicted molar refractivity (Wildman–Crippen MR) is 105 cm³/mol. The number of nitrogens with zero attached hydrogens (tertiary/aromatic N) is 1. The van der Waals surface area contributed by atoms with Crippen LogP contribution in [0.5, 0.6) is 0 Å². The number of esters is 1. The lowest BCUT2D eigenvalue weighted by molar-refractivity contribution is -0.120. The number of carbonyl (C=O) groups excluding carboxylic acids is 3. The zero-order valence-electron chi connectivity index (χ0n) is 14.9. The van der Waals surface area contributed by atoms with E-state index in [0.717, 1.165) is 4.90 Å². The number of hydrogen-bond acceptors (Lipinski definition) is 7. The van der Waals surface area contributed by atoms with E-state index >= 15 is 0 Å². The molecule has 0 radical (unpaired) electrons.